The number of nitrogens with two attached hydrogens (primary N) is 1. The minimum atomic E-state index is -0.169. The van der Waals surface area contributed by atoms with Gasteiger partial charge in [0.1, 0.15) is 5.75 Å². The molecule has 0 aliphatic carbocycles. The van der Waals surface area contributed by atoms with Gasteiger partial charge in [-0.3, -0.25) is 4.79 Å². The van der Waals surface area contributed by atoms with Gasteiger partial charge in [0.15, 0.2) is 0 Å². The van der Waals surface area contributed by atoms with E-state index in [9.17, 15) is 4.79 Å². The number of ether oxygens (including phenoxy) is 1. The Labute approximate surface area is 126 Å². The Morgan fingerprint density at radius 1 is 1.25 bits per heavy atom. The number of halogens is 1. The van der Waals surface area contributed by atoms with Crippen LogP contribution in [0.1, 0.15) is 10.4 Å². The molecule has 2 N–H and O–H groups in total. The van der Waals surface area contributed by atoms with Crippen molar-refractivity contribution in [3.63, 3.8) is 0 Å². The summed E-state index contributed by atoms with van der Waals surface area (Å²) >= 11 is 3.35. The topological polar surface area (TPSA) is 55.6 Å². The lowest BCUT2D eigenvalue weighted by Gasteiger charge is -2.19. The Hall–Kier alpha value is -2.01. The summed E-state index contributed by atoms with van der Waals surface area (Å²) in [5.41, 5.74) is 7.53. The van der Waals surface area contributed by atoms with Crippen LogP contribution in [0, 0.1) is 0 Å². The number of carbonyl (C=O) groups is 1. The zero-order valence-corrected chi connectivity index (χ0v) is 12.8. The smallest absolute Gasteiger partial charge is 0.260 e. The van der Waals surface area contributed by atoms with Crippen LogP contribution in [0.4, 0.5) is 11.4 Å². The van der Waals surface area contributed by atoms with E-state index in [4.69, 9.17) is 10.5 Å². The number of methoxy groups -OCH3 is 1. The third-order valence-corrected chi connectivity index (χ3v) is 3.48. The Bertz CT molecular complexity index is 644. The highest BCUT2D eigenvalue weighted by atomic mass is 79.9. The quantitative estimate of drug-likeness (QED) is 0.876. The van der Waals surface area contributed by atoms with E-state index in [1.807, 2.05) is 18.2 Å². The summed E-state index contributed by atoms with van der Waals surface area (Å²) in [5.74, 6) is 0.529. The predicted molar refractivity (Wildman–Crippen MR) is 84.3 cm³/mol. The molecule has 0 fully saturated rings. The lowest BCUT2D eigenvalue weighted by molar-refractivity contribution is 0.0994. The number of hydrogen-bond acceptors (Lipinski definition) is 3. The minimum absolute atomic E-state index is 0.169. The summed E-state index contributed by atoms with van der Waals surface area (Å²) in [6, 6.07) is 12.5. The molecule has 0 spiro atoms. The van der Waals surface area contributed by atoms with Crippen molar-refractivity contribution in [3.8, 4) is 5.75 Å². The van der Waals surface area contributed by atoms with Crippen LogP contribution in [-0.4, -0.2) is 20.1 Å². The van der Waals surface area contributed by atoms with Crippen LogP contribution in [0.3, 0.4) is 0 Å². The van der Waals surface area contributed by atoms with Crippen LogP contribution >= 0.6 is 15.9 Å². The van der Waals surface area contributed by atoms with E-state index in [1.54, 1.807) is 43.3 Å². The van der Waals surface area contributed by atoms with Gasteiger partial charge in [-0.15, -0.1) is 0 Å². The van der Waals surface area contributed by atoms with Crippen molar-refractivity contribution in [2.45, 2.75) is 0 Å². The molecular weight excluding hydrogens is 320 g/mol. The molecule has 20 heavy (non-hydrogen) atoms. The van der Waals surface area contributed by atoms with Crippen LogP contribution in [0.25, 0.3) is 0 Å². The van der Waals surface area contributed by atoms with Gasteiger partial charge < -0.3 is 15.4 Å². The minimum Gasteiger partial charge on any atom is -0.497 e. The number of anilines is 2. The average Bonchev–Trinajstić information content (AvgIpc) is 2.48. The maximum absolute atomic E-state index is 12.5. The number of nitrogens with zero attached hydrogens (tertiary/aromatic N) is 1. The molecule has 0 aromatic heterocycles. The lowest BCUT2D eigenvalue weighted by atomic mass is 10.1. The first-order chi connectivity index (χ1) is 9.52. The highest BCUT2D eigenvalue weighted by molar-refractivity contribution is 9.10. The Kier molecular flexibility index (Phi) is 4.29. The van der Waals surface area contributed by atoms with Crippen molar-refractivity contribution in [3.05, 3.63) is 52.5 Å². The van der Waals surface area contributed by atoms with E-state index in [0.717, 1.165) is 10.2 Å². The van der Waals surface area contributed by atoms with E-state index >= 15 is 0 Å². The number of benzene rings is 2. The molecule has 5 heteroatoms. The van der Waals surface area contributed by atoms with Crippen molar-refractivity contribution in [1.29, 1.82) is 0 Å². The van der Waals surface area contributed by atoms with Crippen LogP contribution in [0.2, 0.25) is 0 Å². The summed E-state index contributed by atoms with van der Waals surface area (Å²) in [6.07, 6.45) is 0. The highest BCUT2D eigenvalue weighted by Crippen LogP contribution is 2.24. The molecule has 0 aliphatic rings. The molecule has 0 atom stereocenters. The average molecular weight is 335 g/mol. The molecule has 1 amide bonds. The molecule has 0 saturated carbocycles. The monoisotopic (exact) mass is 334 g/mol. The summed E-state index contributed by atoms with van der Waals surface area (Å²) in [4.78, 5) is 14.0. The Morgan fingerprint density at radius 3 is 2.70 bits per heavy atom. The first kappa shape index (κ1) is 14.4. The molecule has 0 unspecified atom stereocenters. The van der Waals surface area contributed by atoms with Crippen LogP contribution in [-0.2, 0) is 0 Å². The van der Waals surface area contributed by atoms with E-state index in [1.165, 1.54) is 0 Å². The van der Waals surface area contributed by atoms with Gasteiger partial charge >= 0.3 is 0 Å². The highest BCUT2D eigenvalue weighted by Gasteiger charge is 2.16. The van der Waals surface area contributed by atoms with Crippen molar-refractivity contribution >= 4 is 33.2 Å². The number of nitrogen functional groups attached to an aromatic ring is 1. The third kappa shape index (κ3) is 2.93. The predicted octanol–water partition coefficient (Wildman–Crippen LogP) is 3.32. The fraction of sp³-hybridized carbons (Fsp3) is 0.133. The van der Waals surface area contributed by atoms with Crippen LogP contribution < -0.4 is 15.4 Å². The van der Waals surface area contributed by atoms with E-state index in [2.05, 4.69) is 15.9 Å². The van der Waals surface area contributed by atoms with Crippen molar-refractivity contribution in [2.24, 2.45) is 0 Å². The first-order valence-corrected chi connectivity index (χ1v) is 6.79. The summed E-state index contributed by atoms with van der Waals surface area (Å²) in [6.45, 7) is 0. The maximum atomic E-state index is 12.5. The van der Waals surface area contributed by atoms with Crippen LogP contribution in [0.5, 0.6) is 5.75 Å². The molecule has 2 aromatic rings. The molecular formula is C15H15BrN2O2. The second-order valence-corrected chi connectivity index (χ2v) is 5.21. The second kappa shape index (κ2) is 5.96. The van der Waals surface area contributed by atoms with Crippen LogP contribution in [0.15, 0.2) is 46.9 Å². The first-order valence-electron chi connectivity index (χ1n) is 6.00. The van der Waals surface area contributed by atoms with E-state index in [0.29, 0.717) is 17.0 Å². The van der Waals surface area contributed by atoms with Crippen molar-refractivity contribution in [2.75, 3.05) is 24.8 Å². The molecule has 0 radical (unpaired) electrons. The largest absolute Gasteiger partial charge is 0.497 e. The zero-order valence-electron chi connectivity index (χ0n) is 11.3. The molecule has 0 bridgehead atoms. The Morgan fingerprint density at radius 2 is 2.00 bits per heavy atom. The van der Waals surface area contributed by atoms with E-state index < -0.39 is 0 Å². The fourth-order valence-electron chi connectivity index (χ4n) is 1.83. The zero-order chi connectivity index (χ0) is 14.7. The summed E-state index contributed by atoms with van der Waals surface area (Å²) in [5, 5.41) is 0. The fourth-order valence-corrected chi connectivity index (χ4v) is 2.19. The number of rotatable bonds is 3. The second-order valence-electron chi connectivity index (χ2n) is 4.30. The number of amides is 1. The van der Waals surface area contributed by atoms with Gasteiger partial charge in [-0.25, -0.2) is 0 Å². The summed E-state index contributed by atoms with van der Waals surface area (Å²) < 4.78 is 5.98. The van der Waals surface area contributed by atoms with Gasteiger partial charge in [0, 0.05) is 29.0 Å². The van der Waals surface area contributed by atoms with Gasteiger partial charge in [0.2, 0.25) is 0 Å². The van der Waals surface area contributed by atoms with Crippen molar-refractivity contribution < 1.29 is 9.53 Å². The standard InChI is InChI=1S/C15H15BrN2O2/c1-18(11-4-3-5-12(9-11)20-2)15(19)13-8-10(16)6-7-14(13)17/h3-9H,17H2,1-2H3. The normalized spacial score (nSPS) is 10.2. The number of carbonyl (C=O) groups excluding carboxylic acids is 1. The molecule has 0 heterocycles. The lowest BCUT2D eigenvalue weighted by Crippen LogP contribution is -2.27. The SMILES string of the molecule is COc1cccc(N(C)C(=O)c2cc(Br)ccc2N)c1. The number of hydrogen-bond donors (Lipinski definition) is 1. The molecule has 4 nitrogen and oxygen atoms in total. The molecule has 0 aliphatic heterocycles. The van der Waals surface area contributed by atoms with E-state index in [-0.39, 0.29) is 5.91 Å². The van der Waals surface area contributed by atoms with Gasteiger partial charge in [-0.1, -0.05) is 22.0 Å². The molecule has 2 aromatic carbocycles. The van der Waals surface area contributed by atoms with Gasteiger partial charge in [-0.2, -0.15) is 0 Å². The maximum Gasteiger partial charge on any atom is 0.260 e. The van der Waals surface area contributed by atoms with Gasteiger partial charge in [0.05, 0.1) is 12.7 Å². The third-order valence-electron chi connectivity index (χ3n) is 2.99. The van der Waals surface area contributed by atoms with Crippen molar-refractivity contribution in [1.82, 2.24) is 0 Å². The molecule has 0 saturated heterocycles. The van der Waals surface area contributed by atoms with Gasteiger partial charge in [-0.05, 0) is 30.3 Å². The molecule has 104 valence electrons. The van der Waals surface area contributed by atoms with Gasteiger partial charge in [0.25, 0.3) is 5.91 Å². The summed E-state index contributed by atoms with van der Waals surface area (Å²) in [7, 11) is 3.30. The Balaban J connectivity index is 2.34. The molecule has 2 rings (SSSR count).